The number of nitrogens with zero attached hydrogens (tertiary/aromatic N) is 4. The maximum Gasteiger partial charge on any atom is 0.317 e. The lowest BCUT2D eigenvalue weighted by Crippen LogP contribution is -2.53. The summed E-state index contributed by atoms with van der Waals surface area (Å²) in [6.07, 6.45) is 5.55. The Morgan fingerprint density at radius 1 is 0.811 bits per heavy atom. The van der Waals surface area contributed by atoms with Crippen LogP contribution in [0, 0.1) is 12.3 Å². The average Bonchev–Trinajstić information content (AvgIpc) is 2.81. The summed E-state index contributed by atoms with van der Waals surface area (Å²) < 4.78 is 0. The summed E-state index contributed by atoms with van der Waals surface area (Å²) in [5.74, 6) is -0.300. The van der Waals surface area contributed by atoms with E-state index in [1.807, 2.05) is 9.80 Å². The number of carbonyl (C=O) groups is 5. The van der Waals surface area contributed by atoms with Gasteiger partial charge < -0.3 is 20.8 Å². The smallest absolute Gasteiger partial charge is 0.317 e. The standard InChI is InChI=1S/C24H40N6O7/c1-4-5-6-25-21(32)15-26-24(37)20(3)30-13-11-27(16-19(2)31)7-8-28(17-22(33)34)9-10-29(12-14-30)18-23(35)36/h1,20H,5-18H2,2-3H3,(H,25,32)(H,26,37)(H,33,34)(H,35,36). The van der Waals surface area contributed by atoms with Crippen LogP contribution >= 0.6 is 0 Å². The zero-order valence-corrected chi connectivity index (χ0v) is 21.8. The monoisotopic (exact) mass is 524 g/mol. The van der Waals surface area contributed by atoms with Crippen LogP contribution in [0.15, 0.2) is 0 Å². The highest BCUT2D eigenvalue weighted by Gasteiger charge is 2.25. The number of carboxylic acids is 2. The van der Waals surface area contributed by atoms with E-state index in [0.717, 1.165) is 0 Å². The second-order valence-electron chi connectivity index (χ2n) is 9.05. The molecule has 1 heterocycles. The van der Waals surface area contributed by atoms with Crippen LogP contribution < -0.4 is 10.6 Å². The zero-order chi connectivity index (χ0) is 27.8. The Kier molecular flexibility index (Phi) is 15.1. The third kappa shape index (κ3) is 14.3. The number of carbonyl (C=O) groups excluding carboxylic acids is 3. The third-order valence-electron chi connectivity index (χ3n) is 5.98. The van der Waals surface area contributed by atoms with Crippen molar-refractivity contribution in [1.82, 2.24) is 30.2 Å². The van der Waals surface area contributed by atoms with E-state index < -0.39 is 18.0 Å². The molecule has 37 heavy (non-hydrogen) atoms. The summed E-state index contributed by atoms with van der Waals surface area (Å²) in [6.45, 7) is 6.19. The van der Waals surface area contributed by atoms with E-state index in [4.69, 9.17) is 6.42 Å². The summed E-state index contributed by atoms with van der Waals surface area (Å²) in [5, 5.41) is 23.8. The summed E-state index contributed by atoms with van der Waals surface area (Å²) in [6, 6.07) is -0.615. The minimum atomic E-state index is -1.00. The summed E-state index contributed by atoms with van der Waals surface area (Å²) in [7, 11) is 0. The van der Waals surface area contributed by atoms with Gasteiger partial charge in [0.15, 0.2) is 0 Å². The van der Waals surface area contributed by atoms with E-state index in [1.165, 1.54) is 6.92 Å². The van der Waals surface area contributed by atoms with Crippen molar-refractivity contribution in [2.45, 2.75) is 26.3 Å². The molecule has 0 spiro atoms. The molecule has 1 unspecified atom stereocenters. The Morgan fingerprint density at radius 3 is 1.70 bits per heavy atom. The fourth-order valence-corrected chi connectivity index (χ4v) is 3.93. The van der Waals surface area contributed by atoms with Gasteiger partial charge in [-0.2, -0.15) is 0 Å². The molecule has 1 saturated heterocycles. The van der Waals surface area contributed by atoms with Crippen LogP contribution in [0.3, 0.4) is 0 Å². The van der Waals surface area contributed by atoms with Crippen LogP contribution in [0.25, 0.3) is 0 Å². The Labute approximate surface area is 218 Å². The van der Waals surface area contributed by atoms with Crippen molar-refractivity contribution in [3.05, 3.63) is 0 Å². The molecule has 0 aromatic heterocycles. The number of Topliss-reactive ketones (excluding diaryl/α,β-unsaturated/α-hetero) is 1. The van der Waals surface area contributed by atoms with Crippen molar-refractivity contribution >= 4 is 29.5 Å². The largest absolute Gasteiger partial charge is 0.480 e. The predicted octanol–water partition coefficient (Wildman–Crippen LogP) is -2.39. The van der Waals surface area contributed by atoms with E-state index >= 15 is 0 Å². The quantitative estimate of drug-likeness (QED) is 0.159. The molecule has 0 aromatic carbocycles. The number of rotatable bonds is 12. The Hall–Kier alpha value is -3.05. The molecule has 1 aliphatic heterocycles. The molecule has 0 saturated carbocycles. The molecule has 0 aromatic rings. The molecule has 0 radical (unpaired) electrons. The first-order valence-corrected chi connectivity index (χ1v) is 12.3. The van der Waals surface area contributed by atoms with Crippen molar-refractivity contribution in [3.8, 4) is 12.3 Å². The minimum Gasteiger partial charge on any atom is -0.480 e. The van der Waals surface area contributed by atoms with Gasteiger partial charge >= 0.3 is 11.9 Å². The first-order chi connectivity index (χ1) is 17.5. The molecule has 1 rings (SSSR count). The summed E-state index contributed by atoms with van der Waals surface area (Å²) in [5.41, 5.74) is 0. The van der Waals surface area contributed by atoms with Gasteiger partial charge in [0.1, 0.15) is 5.78 Å². The summed E-state index contributed by atoms with van der Waals surface area (Å²) >= 11 is 0. The molecule has 13 heteroatoms. The van der Waals surface area contributed by atoms with Crippen molar-refractivity contribution in [1.29, 1.82) is 0 Å². The Morgan fingerprint density at radius 2 is 1.27 bits per heavy atom. The molecule has 208 valence electrons. The van der Waals surface area contributed by atoms with Gasteiger partial charge in [0.2, 0.25) is 11.8 Å². The van der Waals surface area contributed by atoms with Gasteiger partial charge in [-0.1, -0.05) is 0 Å². The highest BCUT2D eigenvalue weighted by atomic mass is 16.4. The first kappa shape index (κ1) is 32.0. The number of aliphatic carboxylic acids is 2. The van der Waals surface area contributed by atoms with Crippen molar-refractivity contribution < 1.29 is 34.2 Å². The molecule has 0 bridgehead atoms. The Balaban J connectivity index is 2.95. The van der Waals surface area contributed by atoms with Crippen LogP contribution in [0.1, 0.15) is 20.3 Å². The topological polar surface area (TPSA) is 163 Å². The fraction of sp³-hybridized carbons (Fsp3) is 0.708. The highest BCUT2D eigenvalue weighted by Crippen LogP contribution is 2.05. The average molecular weight is 525 g/mol. The van der Waals surface area contributed by atoms with E-state index in [9.17, 15) is 34.2 Å². The van der Waals surface area contributed by atoms with Gasteiger partial charge in [-0.3, -0.25) is 43.6 Å². The molecular formula is C24H40N6O7. The molecule has 4 N–H and O–H groups in total. The Bertz CT molecular complexity index is 799. The van der Waals surface area contributed by atoms with Crippen LogP contribution in [0.2, 0.25) is 0 Å². The van der Waals surface area contributed by atoms with Gasteiger partial charge in [-0.25, -0.2) is 0 Å². The van der Waals surface area contributed by atoms with Gasteiger partial charge in [0, 0.05) is 65.3 Å². The number of ketones is 1. The molecule has 2 amide bonds. The number of amides is 2. The molecule has 13 nitrogen and oxygen atoms in total. The van der Waals surface area contributed by atoms with Gasteiger partial charge in [0.05, 0.1) is 32.2 Å². The van der Waals surface area contributed by atoms with Crippen LogP contribution in [0.5, 0.6) is 0 Å². The molecule has 1 fully saturated rings. The third-order valence-corrected chi connectivity index (χ3v) is 5.98. The molecular weight excluding hydrogens is 484 g/mol. The maximum absolute atomic E-state index is 12.8. The van der Waals surface area contributed by atoms with E-state index in [0.29, 0.717) is 65.3 Å². The second-order valence-corrected chi connectivity index (χ2v) is 9.05. The van der Waals surface area contributed by atoms with Crippen molar-refractivity contribution in [3.63, 3.8) is 0 Å². The minimum absolute atomic E-state index is 0.0299. The maximum atomic E-state index is 12.8. The van der Waals surface area contributed by atoms with Gasteiger partial charge in [-0.05, 0) is 13.8 Å². The van der Waals surface area contributed by atoms with E-state index in [2.05, 4.69) is 16.6 Å². The van der Waals surface area contributed by atoms with Crippen LogP contribution in [-0.2, 0) is 24.0 Å². The lowest BCUT2D eigenvalue weighted by atomic mass is 10.2. The first-order valence-electron chi connectivity index (χ1n) is 12.3. The number of carboxylic acid groups (broad SMARTS) is 2. The van der Waals surface area contributed by atoms with Crippen LogP contribution in [-0.4, -0.2) is 150 Å². The van der Waals surface area contributed by atoms with E-state index in [-0.39, 0.29) is 43.8 Å². The van der Waals surface area contributed by atoms with Crippen molar-refractivity contribution in [2.24, 2.45) is 0 Å². The van der Waals surface area contributed by atoms with Crippen LogP contribution in [0.4, 0.5) is 0 Å². The molecule has 1 atom stereocenters. The van der Waals surface area contributed by atoms with E-state index in [1.54, 1.807) is 16.7 Å². The lowest BCUT2D eigenvalue weighted by Gasteiger charge is -2.35. The number of terminal acetylenes is 1. The summed E-state index contributed by atoms with van der Waals surface area (Å²) in [4.78, 5) is 66.5. The SMILES string of the molecule is C#CCCNC(=O)CNC(=O)C(C)N1CCN(CC(C)=O)CCN(CC(=O)O)CCN(CC(=O)O)CC1. The van der Waals surface area contributed by atoms with Gasteiger partial charge in [0.25, 0.3) is 0 Å². The zero-order valence-electron chi connectivity index (χ0n) is 21.8. The molecule has 1 aliphatic rings. The number of nitrogens with one attached hydrogen (secondary N) is 2. The van der Waals surface area contributed by atoms with Crippen molar-refractivity contribution in [2.75, 3.05) is 85.1 Å². The van der Waals surface area contributed by atoms with Gasteiger partial charge in [-0.15, -0.1) is 12.3 Å². The normalized spacial score (nSPS) is 18.0. The lowest BCUT2D eigenvalue weighted by molar-refractivity contribution is -0.140. The molecule has 0 aliphatic carbocycles. The number of hydrogen-bond acceptors (Lipinski definition) is 9. The predicted molar refractivity (Wildman–Crippen MR) is 136 cm³/mol. The highest BCUT2D eigenvalue weighted by molar-refractivity contribution is 5.87. The fourth-order valence-electron chi connectivity index (χ4n) is 3.93. The number of hydrogen-bond donors (Lipinski definition) is 4. The second kappa shape index (κ2) is 17.4.